The Morgan fingerprint density at radius 3 is 1.64 bits per heavy atom. The minimum absolute atomic E-state index is 0.638. The van der Waals surface area contributed by atoms with E-state index in [4.69, 9.17) is 15.0 Å². The summed E-state index contributed by atoms with van der Waals surface area (Å²) in [4.78, 5) is 15.2. The molecule has 0 atom stereocenters. The lowest BCUT2D eigenvalue weighted by Gasteiger charge is -2.14. The van der Waals surface area contributed by atoms with Crippen LogP contribution in [0, 0.1) is 0 Å². The Bertz CT molecular complexity index is 3490. The van der Waals surface area contributed by atoms with Gasteiger partial charge >= 0.3 is 0 Å². The Morgan fingerprint density at radius 1 is 0.310 bits per heavy atom. The molecular formula is C53H33N5. The normalized spacial score (nSPS) is 11.8. The topological polar surface area (TPSA) is 48.5 Å². The van der Waals surface area contributed by atoms with Crippen LogP contribution in [0.5, 0.6) is 0 Å². The maximum Gasteiger partial charge on any atom is 0.164 e. The molecule has 0 aliphatic heterocycles. The molecule has 0 amide bonds. The van der Waals surface area contributed by atoms with Crippen molar-refractivity contribution in [1.29, 1.82) is 0 Å². The fourth-order valence-corrected chi connectivity index (χ4v) is 9.04. The Morgan fingerprint density at radius 2 is 0.879 bits per heavy atom. The fraction of sp³-hybridized carbons (Fsp3) is 0. The molecule has 270 valence electrons. The highest BCUT2D eigenvalue weighted by Crippen LogP contribution is 2.45. The van der Waals surface area contributed by atoms with Gasteiger partial charge in [0.15, 0.2) is 17.5 Å². The van der Waals surface area contributed by atoms with Crippen molar-refractivity contribution >= 4 is 65.2 Å². The molecule has 5 heteroatoms. The maximum atomic E-state index is 5.13. The van der Waals surface area contributed by atoms with Gasteiger partial charge in [-0.1, -0.05) is 164 Å². The van der Waals surface area contributed by atoms with Crippen LogP contribution < -0.4 is 0 Å². The molecule has 0 aliphatic carbocycles. The van der Waals surface area contributed by atoms with Gasteiger partial charge in [-0.3, -0.25) is 0 Å². The first kappa shape index (κ1) is 32.4. The molecule has 0 saturated carbocycles. The summed E-state index contributed by atoms with van der Waals surface area (Å²) in [5, 5.41) is 9.62. The van der Waals surface area contributed by atoms with E-state index in [1.54, 1.807) is 0 Å². The summed E-state index contributed by atoms with van der Waals surface area (Å²) >= 11 is 0. The summed E-state index contributed by atoms with van der Waals surface area (Å²) in [7, 11) is 0. The van der Waals surface area contributed by atoms with Crippen molar-refractivity contribution in [3.63, 3.8) is 0 Å². The van der Waals surface area contributed by atoms with E-state index in [1.165, 1.54) is 43.4 Å². The third kappa shape index (κ3) is 4.87. The van der Waals surface area contributed by atoms with E-state index < -0.39 is 0 Å². The van der Waals surface area contributed by atoms with Crippen LogP contribution in [0.1, 0.15) is 0 Å². The first-order valence-corrected chi connectivity index (χ1v) is 19.6. The highest BCUT2D eigenvalue weighted by molar-refractivity contribution is 6.30. The summed E-state index contributed by atoms with van der Waals surface area (Å²) in [6.45, 7) is 0. The van der Waals surface area contributed by atoms with Crippen LogP contribution in [0.3, 0.4) is 0 Å². The van der Waals surface area contributed by atoms with Crippen molar-refractivity contribution in [2.24, 2.45) is 0 Å². The molecule has 0 N–H and O–H groups in total. The average Bonchev–Trinajstić information content (AvgIpc) is 3.82. The highest BCUT2D eigenvalue weighted by Gasteiger charge is 2.23. The van der Waals surface area contributed by atoms with E-state index in [-0.39, 0.29) is 0 Å². The van der Waals surface area contributed by atoms with Gasteiger partial charge in [0.2, 0.25) is 0 Å². The molecule has 0 saturated heterocycles. The van der Waals surface area contributed by atoms with Crippen molar-refractivity contribution in [2.45, 2.75) is 0 Å². The predicted octanol–water partition coefficient (Wildman–Crippen LogP) is 13.4. The molecule has 9 aromatic carbocycles. The summed E-state index contributed by atoms with van der Waals surface area (Å²) < 4.78 is 4.91. The zero-order chi connectivity index (χ0) is 38.2. The third-order valence-corrected chi connectivity index (χ3v) is 11.5. The second kappa shape index (κ2) is 12.8. The predicted molar refractivity (Wildman–Crippen MR) is 240 cm³/mol. The summed E-state index contributed by atoms with van der Waals surface area (Å²) in [5.74, 6) is 1.93. The lowest BCUT2D eigenvalue weighted by molar-refractivity contribution is 1.08. The summed E-state index contributed by atoms with van der Waals surface area (Å²) in [6, 6.07) is 70.9. The molecule has 0 bridgehead atoms. The molecule has 12 aromatic rings. The van der Waals surface area contributed by atoms with Crippen molar-refractivity contribution < 1.29 is 0 Å². The van der Waals surface area contributed by atoms with Crippen molar-refractivity contribution in [3.05, 3.63) is 200 Å². The maximum absolute atomic E-state index is 5.13. The molecule has 0 fully saturated rings. The number of hydrogen-bond donors (Lipinski definition) is 0. The Kier molecular flexibility index (Phi) is 7.16. The minimum Gasteiger partial charge on any atom is -0.309 e. The number of hydrogen-bond acceptors (Lipinski definition) is 3. The smallest absolute Gasteiger partial charge is 0.164 e. The van der Waals surface area contributed by atoms with E-state index in [9.17, 15) is 0 Å². The van der Waals surface area contributed by atoms with Crippen LogP contribution in [0.4, 0.5) is 0 Å². The zero-order valence-electron chi connectivity index (χ0n) is 31.3. The van der Waals surface area contributed by atoms with Gasteiger partial charge in [-0.2, -0.15) is 0 Å². The molecule has 0 radical (unpaired) electrons. The van der Waals surface area contributed by atoms with Crippen LogP contribution >= 0.6 is 0 Å². The molecule has 5 nitrogen and oxygen atoms in total. The lowest BCUT2D eigenvalue weighted by atomic mass is 10.0. The molecular weight excluding hydrogens is 707 g/mol. The number of benzene rings is 9. The van der Waals surface area contributed by atoms with Crippen LogP contribution in [-0.2, 0) is 0 Å². The largest absolute Gasteiger partial charge is 0.309 e. The van der Waals surface area contributed by atoms with E-state index in [2.05, 4.69) is 149 Å². The SMILES string of the molecule is c1ccc(-c2nc(-c3ccccc3)nc(-c3cccc4c(-n5c6ccccc6c6c5ccc5c7c8ccccc8ccc7n(-c7ccccc7)c56)cccc34)n2)cc1. The van der Waals surface area contributed by atoms with E-state index in [0.29, 0.717) is 17.5 Å². The highest BCUT2D eigenvalue weighted by atomic mass is 15.0. The molecule has 3 heterocycles. The fourth-order valence-electron chi connectivity index (χ4n) is 9.04. The van der Waals surface area contributed by atoms with E-state index in [1.807, 2.05) is 60.7 Å². The Balaban J connectivity index is 1.15. The Labute approximate surface area is 333 Å². The van der Waals surface area contributed by atoms with Gasteiger partial charge in [0.05, 0.1) is 27.8 Å². The number of para-hydroxylation sites is 2. The second-order valence-electron chi connectivity index (χ2n) is 14.8. The van der Waals surface area contributed by atoms with Gasteiger partial charge in [-0.05, 0) is 52.6 Å². The average molecular weight is 740 g/mol. The van der Waals surface area contributed by atoms with Crippen molar-refractivity contribution in [1.82, 2.24) is 24.1 Å². The van der Waals surface area contributed by atoms with E-state index in [0.717, 1.165) is 49.9 Å². The van der Waals surface area contributed by atoms with Gasteiger partial charge in [0.1, 0.15) is 0 Å². The minimum atomic E-state index is 0.638. The molecule has 3 aromatic heterocycles. The molecule has 58 heavy (non-hydrogen) atoms. The first-order chi connectivity index (χ1) is 28.8. The number of nitrogens with zero attached hydrogens (tertiary/aromatic N) is 5. The Hall–Kier alpha value is -7.89. The van der Waals surface area contributed by atoms with Gasteiger partial charge in [0.25, 0.3) is 0 Å². The quantitative estimate of drug-likeness (QED) is 0.177. The van der Waals surface area contributed by atoms with Gasteiger partial charge in [-0.15, -0.1) is 0 Å². The summed E-state index contributed by atoms with van der Waals surface area (Å²) in [6.07, 6.45) is 0. The molecule has 0 spiro atoms. The third-order valence-electron chi connectivity index (χ3n) is 11.5. The zero-order valence-corrected chi connectivity index (χ0v) is 31.3. The van der Waals surface area contributed by atoms with Crippen LogP contribution in [0.25, 0.3) is 111 Å². The van der Waals surface area contributed by atoms with Gasteiger partial charge in [-0.25, -0.2) is 15.0 Å². The lowest BCUT2D eigenvalue weighted by Crippen LogP contribution is -2.01. The van der Waals surface area contributed by atoms with Crippen molar-refractivity contribution in [3.8, 4) is 45.5 Å². The second-order valence-corrected chi connectivity index (χ2v) is 14.8. The van der Waals surface area contributed by atoms with Gasteiger partial charge in [0, 0.05) is 49.3 Å². The molecule has 0 unspecified atom stereocenters. The number of rotatable bonds is 5. The van der Waals surface area contributed by atoms with Crippen LogP contribution in [0.2, 0.25) is 0 Å². The van der Waals surface area contributed by atoms with Crippen molar-refractivity contribution in [2.75, 3.05) is 0 Å². The van der Waals surface area contributed by atoms with Crippen LogP contribution in [0.15, 0.2) is 200 Å². The van der Waals surface area contributed by atoms with Gasteiger partial charge < -0.3 is 9.13 Å². The van der Waals surface area contributed by atoms with Crippen LogP contribution in [-0.4, -0.2) is 24.1 Å². The number of aromatic nitrogens is 5. The monoisotopic (exact) mass is 739 g/mol. The van der Waals surface area contributed by atoms with E-state index >= 15 is 0 Å². The summed E-state index contributed by atoms with van der Waals surface area (Å²) in [5.41, 5.74) is 9.78. The molecule has 12 rings (SSSR count). The molecule has 0 aliphatic rings. The number of fused-ring (bicyclic) bond motifs is 10. The first-order valence-electron chi connectivity index (χ1n) is 19.6. The standard InChI is InChI=1S/C53H33N5/c1-4-17-35(18-5-1)51-54-52(36-19-6-2-7-20-36)56-53(55-51)41-27-14-26-40-39(41)25-15-29-44(40)58-45-28-13-12-24-42(45)49-47(58)33-31-43-48-38-23-11-10-16-34(38)30-32-46(48)57(50(43)49)37-21-8-3-9-22-37/h1-33H.